The summed E-state index contributed by atoms with van der Waals surface area (Å²) in [6.45, 7) is 12.2. The fraction of sp³-hybridized carbons (Fsp3) is 0.612. The molecular formula is C49H71ClF2N12O13S3. The molecule has 5 rings (SSSR count). The minimum Gasteiger partial charge on any atom is -0.463 e. The first-order valence-corrected chi connectivity index (χ1v) is 27.8. The van der Waals surface area contributed by atoms with Crippen LogP contribution in [0.4, 0.5) is 19.3 Å². The Kier molecular flexibility index (Phi) is 45.2. The lowest BCUT2D eigenvalue weighted by atomic mass is 9.83. The van der Waals surface area contributed by atoms with Gasteiger partial charge in [0.15, 0.2) is 0 Å². The molecule has 0 amide bonds. The van der Waals surface area contributed by atoms with E-state index in [1.807, 2.05) is 13.8 Å². The SMILES string of the molecule is CCC(CCCCCN=[N+]=[N-])OC(=O)Cl.CCC(CCCCCN=[N+]=[N-])OC(C)=O.CCCCCCC(CC)OC(C)=O.Cn1ncnc1[C@H]1c2n[nH]c(=O)c3cc(F)cc(c23)N[C@@H]1c1ccc(F)cc1.O=S=O.O=S=O.O=S=O. The molecule has 31 heteroatoms. The molecular weight excluding hydrogens is 1130 g/mol. The smallest absolute Gasteiger partial charge is 0.404 e. The van der Waals surface area contributed by atoms with Crippen molar-refractivity contribution in [2.24, 2.45) is 17.3 Å². The second kappa shape index (κ2) is 48.1. The summed E-state index contributed by atoms with van der Waals surface area (Å²) >= 11 is 2.87. The Balaban J connectivity index is 0. The number of halogens is 3. The monoisotopic (exact) mass is 1200 g/mol. The maximum Gasteiger partial charge on any atom is 0.404 e. The molecule has 3 heterocycles. The number of unbranched alkanes of at least 4 members (excludes halogenated alkanes) is 7. The molecule has 4 aromatic rings. The second-order valence-electron chi connectivity index (χ2n) is 17.0. The lowest BCUT2D eigenvalue weighted by molar-refractivity contribution is -0.147. The van der Waals surface area contributed by atoms with Crippen LogP contribution in [0, 0.1) is 11.6 Å². The van der Waals surface area contributed by atoms with Crippen molar-refractivity contribution in [3.63, 3.8) is 0 Å². The summed E-state index contributed by atoms with van der Waals surface area (Å²) in [5.74, 6) is -1.08. The normalized spacial score (nSPS) is 13.2. The van der Waals surface area contributed by atoms with Crippen LogP contribution in [0.2, 0.25) is 0 Å². The van der Waals surface area contributed by atoms with Crippen molar-refractivity contribution in [3.05, 3.63) is 103 Å². The highest BCUT2D eigenvalue weighted by Crippen LogP contribution is 2.45. The van der Waals surface area contributed by atoms with E-state index in [4.69, 9.17) is 62.1 Å². The van der Waals surface area contributed by atoms with Gasteiger partial charge in [-0.25, -0.2) is 23.7 Å². The molecule has 0 bridgehead atoms. The van der Waals surface area contributed by atoms with Gasteiger partial charge in [0.05, 0.1) is 23.0 Å². The van der Waals surface area contributed by atoms with Gasteiger partial charge in [-0.2, -0.15) is 35.5 Å². The van der Waals surface area contributed by atoms with Gasteiger partial charge in [-0.3, -0.25) is 19.1 Å². The first kappa shape index (κ1) is 75.2. The Morgan fingerprint density at radius 3 is 1.59 bits per heavy atom. The quantitative estimate of drug-likeness (QED) is 0.0118. The number of carbonyl (C=O) groups is 3. The van der Waals surface area contributed by atoms with Crippen LogP contribution in [0.25, 0.3) is 31.7 Å². The Morgan fingerprint density at radius 2 is 1.19 bits per heavy atom. The largest absolute Gasteiger partial charge is 0.463 e. The van der Waals surface area contributed by atoms with Crippen LogP contribution >= 0.6 is 11.6 Å². The minimum atomic E-state index is -0.750. The number of H-pyrrole nitrogens is 1. The molecule has 0 saturated carbocycles. The zero-order chi connectivity index (χ0) is 60.7. The highest BCUT2D eigenvalue weighted by Gasteiger charge is 2.37. The molecule has 1 aliphatic rings. The van der Waals surface area contributed by atoms with Gasteiger partial charge >= 0.3 is 52.1 Å². The first-order chi connectivity index (χ1) is 38.4. The Morgan fingerprint density at radius 1 is 0.725 bits per heavy atom. The van der Waals surface area contributed by atoms with Crippen LogP contribution in [0.5, 0.6) is 0 Å². The zero-order valence-electron chi connectivity index (χ0n) is 45.8. The number of carbonyl (C=O) groups excluding carboxylic acids is 3. The van der Waals surface area contributed by atoms with Crippen molar-refractivity contribution in [2.75, 3.05) is 18.4 Å². The number of aryl methyl sites for hydroxylation is 1. The average Bonchev–Trinajstić information content (AvgIpc) is 3.85. The van der Waals surface area contributed by atoms with E-state index in [2.05, 4.69) is 59.5 Å². The van der Waals surface area contributed by atoms with Crippen molar-refractivity contribution in [3.8, 4) is 0 Å². The number of ether oxygens (including phenoxy) is 3. The van der Waals surface area contributed by atoms with Crippen molar-refractivity contribution >= 4 is 80.1 Å². The van der Waals surface area contributed by atoms with E-state index in [-0.39, 0.29) is 41.5 Å². The first-order valence-electron chi connectivity index (χ1n) is 25.4. The van der Waals surface area contributed by atoms with E-state index in [9.17, 15) is 28.0 Å². The predicted octanol–water partition coefficient (Wildman–Crippen LogP) is 11.1. The number of benzene rings is 2. The number of azide groups is 2. The highest BCUT2D eigenvalue weighted by atomic mass is 35.5. The summed E-state index contributed by atoms with van der Waals surface area (Å²) in [5, 5.41) is 21.8. The molecule has 0 fully saturated rings. The molecule has 80 heavy (non-hydrogen) atoms. The number of nitrogens with zero attached hydrogens (tertiary/aromatic N) is 10. The molecule has 444 valence electrons. The van der Waals surface area contributed by atoms with E-state index >= 15 is 0 Å². The summed E-state index contributed by atoms with van der Waals surface area (Å²) in [7, 11) is 1.76. The molecule has 2 N–H and O–H groups in total. The lowest BCUT2D eigenvalue weighted by Crippen LogP contribution is -2.30. The van der Waals surface area contributed by atoms with Gasteiger partial charge in [-0.05, 0) is 112 Å². The molecule has 1 aliphatic heterocycles. The van der Waals surface area contributed by atoms with E-state index in [0.29, 0.717) is 35.7 Å². The lowest BCUT2D eigenvalue weighted by Gasteiger charge is -2.33. The summed E-state index contributed by atoms with van der Waals surface area (Å²) in [6.07, 6.45) is 17.5. The van der Waals surface area contributed by atoms with Crippen molar-refractivity contribution in [1.82, 2.24) is 25.0 Å². The standard InChI is InChI=1S/C19H14F2N6O.C11H22O2.C10H19N3O2.C9H16ClN3O2.3O2S/c1-27-18(22-8-23-27)15-16(9-2-4-10(20)5-3-9)24-13-7-11(21)6-12-14(13)17(15)25-26-19(12)28;1-4-6-7-8-9-11(5-2)13-10(3)12;1-3-10(15-9(2)14)7-5-4-6-8-12-13-11;1-2-8(15-9(10)14)6-4-3-5-7-12-13-11;3*1-3-2/h2-8,15-16,24H,1H3,(H,26,28);11H,4-9H2,1-3H3;10H,3-8H2,1-2H3;8H,2-7H2,1H3;;;/t15-,16-;;;;;;/m1....../s1. The van der Waals surface area contributed by atoms with Gasteiger partial charge in [0.2, 0.25) is 0 Å². The predicted molar refractivity (Wildman–Crippen MR) is 297 cm³/mol. The van der Waals surface area contributed by atoms with Gasteiger partial charge in [0, 0.05) is 66.5 Å². The van der Waals surface area contributed by atoms with Crippen LogP contribution < -0.4 is 10.9 Å². The maximum absolute atomic E-state index is 14.1. The van der Waals surface area contributed by atoms with E-state index < -0.39 is 63.5 Å². The Hall–Kier alpha value is -6.84. The molecule has 3 unspecified atom stereocenters. The van der Waals surface area contributed by atoms with Crippen LogP contribution in [0.15, 0.2) is 57.7 Å². The fourth-order valence-corrected chi connectivity index (χ4v) is 7.96. The van der Waals surface area contributed by atoms with Crippen LogP contribution in [0.1, 0.15) is 173 Å². The molecule has 2 aromatic carbocycles. The van der Waals surface area contributed by atoms with Gasteiger partial charge in [-0.15, -0.1) is 0 Å². The number of anilines is 1. The zero-order valence-corrected chi connectivity index (χ0v) is 49.0. The Labute approximate surface area is 478 Å². The third-order valence-electron chi connectivity index (χ3n) is 11.4. The number of nitrogens with one attached hydrogen (secondary N) is 2. The number of hydrogen-bond acceptors (Lipinski definition) is 19. The fourth-order valence-electron chi connectivity index (χ4n) is 7.83. The summed E-state index contributed by atoms with van der Waals surface area (Å²) in [6, 6.07) is 8.14. The molecule has 0 saturated heterocycles. The maximum atomic E-state index is 14.1. The van der Waals surface area contributed by atoms with Crippen LogP contribution in [-0.4, -0.2) is 99.0 Å². The summed E-state index contributed by atoms with van der Waals surface area (Å²) < 4.78 is 94.1. The van der Waals surface area contributed by atoms with Gasteiger partial charge in [0.1, 0.15) is 42.1 Å². The number of aromatic nitrogens is 5. The molecule has 25 nitrogen and oxygen atoms in total. The van der Waals surface area contributed by atoms with Crippen LogP contribution in [0.3, 0.4) is 0 Å². The minimum absolute atomic E-state index is 0.0435. The van der Waals surface area contributed by atoms with Crippen LogP contribution in [-0.2, 0) is 65.6 Å². The van der Waals surface area contributed by atoms with Gasteiger partial charge < -0.3 is 19.5 Å². The summed E-state index contributed by atoms with van der Waals surface area (Å²) in [4.78, 5) is 53.8. The number of hydrogen-bond donors (Lipinski definition) is 2. The highest BCUT2D eigenvalue weighted by molar-refractivity contribution is 7.52. The number of rotatable bonds is 25. The van der Waals surface area contributed by atoms with E-state index in [1.54, 1.807) is 23.9 Å². The number of esters is 2. The topological polar surface area (TPSA) is 367 Å². The third kappa shape index (κ3) is 33.6. The molecule has 0 spiro atoms. The molecule has 0 radical (unpaired) electrons. The second-order valence-corrected chi connectivity index (χ2v) is 17.8. The number of aromatic amines is 1. The van der Waals surface area contributed by atoms with Crippen molar-refractivity contribution < 1.29 is 62.6 Å². The Bertz CT molecular complexity index is 2620. The third-order valence-corrected chi connectivity index (χ3v) is 11.5. The van der Waals surface area contributed by atoms with Crippen molar-refractivity contribution in [1.29, 1.82) is 0 Å². The summed E-state index contributed by atoms with van der Waals surface area (Å²) in [5.41, 5.74) is 16.6. The van der Waals surface area contributed by atoms with E-state index in [0.717, 1.165) is 82.6 Å². The van der Waals surface area contributed by atoms with Gasteiger partial charge in [0.25, 0.3) is 5.56 Å². The molecule has 5 atom stereocenters. The van der Waals surface area contributed by atoms with Crippen molar-refractivity contribution in [2.45, 2.75) is 175 Å². The van der Waals surface area contributed by atoms with Gasteiger partial charge in [-0.1, -0.05) is 82.2 Å². The average molecular weight is 1210 g/mol. The molecule has 0 aliphatic carbocycles. The van der Waals surface area contributed by atoms with E-state index in [1.165, 1.54) is 70.1 Å². The molecule has 2 aromatic heterocycles.